The zero-order valence-electron chi connectivity index (χ0n) is 10.7. The predicted molar refractivity (Wildman–Crippen MR) is 63.9 cm³/mol. The molecule has 0 radical (unpaired) electrons. The van der Waals surface area contributed by atoms with Gasteiger partial charge in [0.2, 0.25) is 0 Å². The van der Waals surface area contributed by atoms with E-state index in [4.69, 9.17) is 5.11 Å². The number of carboxylic acids is 1. The first-order chi connectivity index (χ1) is 8.29. The summed E-state index contributed by atoms with van der Waals surface area (Å²) in [6, 6.07) is 0. The van der Waals surface area contributed by atoms with Crippen molar-refractivity contribution >= 4 is 11.9 Å². The van der Waals surface area contributed by atoms with Crippen LogP contribution in [0.25, 0.3) is 0 Å². The fourth-order valence-corrected chi connectivity index (χ4v) is 1.60. The molecule has 1 heterocycles. The Morgan fingerprint density at radius 1 is 1.50 bits per heavy atom. The first-order valence-electron chi connectivity index (χ1n) is 5.66. The van der Waals surface area contributed by atoms with Crippen molar-refractivity contribution in [3.8, 4) is 0 Å². The molecule has 0 aliphatic heterocycles. The van der Waals surface area contributed by atoms with Gasteiger partial charge in [-0.25, -0.2) is 0 Å². The molecule has 1 aromatic rings. The van der Waals surface area contributed by atoms with E-state index in [2.05, 4.69) is 20.7 Å². The molecule has 7 nitrogen and oxygen atoms in total. The first-order valence-corrected chi connectivity index (χ1v) is 5.66. The van der Waals surface area contributed by atoms with Crippen LogP contribution in [0.1, 0.15) is 37.7 Å². The highest BCUT2D eigenvalue weighted by Gasteiger charge is 2.25. The zero-order valence-corrected chi connectivity index (χ0v) is 10.7. The summed E-state index contributed by atoms with van der Waals surface area (Å²) < 4.78 is 0. The van der Waals surface area contributed by atoms with Crippen LogP contribution in [0.3, 0.4) is 0 Å². The molecule has 0 saturated heterocycles. The largest absolute Gasteiger partial charge is 0.481 e. The van der Waals surface area contributed by atoms with Crippen LogP contribution in [-0.2, 0) is 4.79 Å². The number of nitrogens with one attached hydrogen (secondary N) is 2. The summed E-state index contributed by atoms with van der Waals surface area (Å²) in [4.78, 5) is 22.7. The van der Waals surface area contributed by atoms with Crippen molar-refractivity contribution < 1.29 is 14.7 Å². The summed E-state index contributed by atoms with van der Waals surface area (Å²) in [6.45, 7) is 5.96. The monoisotopic (exact) mass is 254 g/mol. The number of carbonyl (C=O) groups excluding carboxylic acids is 1. The Morgan fingerprint density at radius 3 is 2.61 bits per heavy atom. The molecule has 0 spiro atoms. The second kappa shape index (κ2) is 5.61. The second-order valence-electron chi connectivity index (χ2n) is 5.37. The van der Waals surface area contributed by atoms with Crippen LogP contribution in [0.5, 0.6) is 0 Å². The zero-order chi connectivity index (χ0) is 13.8. The highest BCUT2D eigenvalue weighted by molar-refractivity contribution is 5.92. The maximum atomic E-state index is 11.6. The van der Waals surface area contributed by atoms with E-state index in [-0.39, 0.29) is 17.7 Å². The lowest BCUT2D eigenvalue weighted by atomic mass is 9.84. The number of carbonyl (C=O) groups is 2. The molecule has 0 aromatic carbocycles. The van der Waals surface area contributed by atoms with Gasteiger partial charge < -0.3 is 10.4 Å². The van der Waals surface area contributed by atoms with Crippen LogP contribution in [0, 0.1) is 11.3 Å². The van der Waals surface area contributed by atoms with Gasteiger partial charge in [-0.2, -0.15) is 15.4 Å². The van der Waals surface area contributed by atoms with Crippen LogP contribution >= 0.6 is 0 Å². The lowest BCUT2D eigenvalue weighted by Crippen LogP contribution is -2.35. The molecular weight excluding hydrogens is 236 g/mol. The van der Waals surface area contributed by atoms with Gasteiger partial charge in [0.15, 0.2) is 5.69 Å². The SMILES string of the molecule is CC(C)(C)CC(CNC(=O)c1cn[nH]n1)C(=O)O. The molecule has 0 fully saturated rings. The number of H-pyrrole nitrogens is 1. The molecule has 0 aliphatic carbocycles. The van der Waals surface area contributed by atoms with E-state index < -0.39 is 17.8 Å². The van der Waals surface area contributed by atoms with E-state index in [1.165, 1.54) is 6.20 Å². The maximum Gasteiger partial charge on any atom is 0.308 e. The molecule has 1 aromatic heterocycles. The number of rotatable bonds is 5. The van der Waals surface area contributed by atoms with Gasteiger partial charge >= 0.3 is 5.97 Å². The fourth-order valence-electron chi connectivity index (χ4n) is 1.60. The van der Waals surface area contributed by atoms with E-state index in [1.54, 1.807) is 0 Å². The minimum Gasteiger partial charge on any atom is -0.481 e. The van der Waals surface area contributed by atoms with E-state index in [0.29, 0.717) is 6.42 Å². The quantitative estimate of drug-likeness (QED) is 0.715. The van der Waals surface area contributed by atoms with E-state index in [9.17, 15) is 9.59 Å². The predicted octanol–water partition coefficient (Wildman–Crippen LogP) is 0.671. The summed E-state index contributed by atoms with van der Waals surface area (Å²) in [5.41, 5.74) is 0.0386. The molecule has 100 valence electrons. The molecule has 1 atom stereocenters. The molecule has 1 unspecified atom stereocenters. The van der Waals surface area contributed by atoms with Crippen LogP contribution in [0.15, 0.2) is 6.20 Å². The van der Waals surface area contributed by atoms with Crippen molar-refractivity contribution in [2.45, 2.75) is 27.2 Å². The van der Waals surface area contributed by atoms with Crippen LogP contribution in [0.4, 0.5) is 0 Å². The Hall–Kier alpha value is -1.92. The molecule has 1 rings (SSSR count). The molecule has 1 amide bonds. The Bertz CT molecular complexity index is 408. The summed E-state index contributed by atoms with van der Waals surface area (Å²) >= 11 is 0. The summed E-state index contributed by atoms with van der Waals surface area (Å²) in [5.74, 6) is -1.95. The first kappa shape index (κ1) is 14.1. The van der Waals surface area contributed by atoms with Gasteiger partial charge in [-0.3, -0.25) is 9.59 Å². The third-order valence-corrected chi connectivity index (χ3v) is 2.36. The van der Waals surface area contributed by atoms with Crippen LogP contribution in [-0.4, -0.2) is 38.9 Å². The minimum atomic E-state index is -0.912. The number of aromatic nitrogens is 3. The molecule has 7 heteroatoms. The van der Waals surface area contributed by atoms with Gasteiger partial charge in [-0.15, -0.1) is 0 Å². The second-order valence-corrected chi connectivity index (χ2v) is 5.37. The van der Waals surface area contributed by atoms with Gasteiger partial charge in [-0.1, -0.05) is 20.8 Å². The standard InChI is InChI=1S/C11H18N4O3/c1-11(2,3)4-7(10(17)18)5-12-9(16)8-6-13-15-14-8/h6-7H,4-5H2,1-3H3,(H,12,16)(H,17,18)(H,13,14,15). The molecule has 0 aliphatic rings. The normalized spacial score (nSPS) is 13.1. The molecular formula is C11H18N4O3. The third-order valence-electron chi connectivity index (χ3n) is 2.36. The van der Waals surface area contributed by atoms with E-state index in [0.717, 1.165) is 0 Å². The van der Waals surface area contributed by atoms with Crippen molar-refractivity contribution in [3.63, 3.8) is 0 Å². The number of aromatic amines is 1. The van der Waals surface area contributed by atoms with Gasteiger partial charge in [0.05, 0.1) is 12.1 Å². The summed E-state index contributed by atoms with van der Waals surface area (Å²) in [5, 5.41) is 21.1. The molecule has 18 heavy (non-hydrogen) atoms. The summed E-state index contributed by atoms with van der Waals surface area (Å²) in [7, 11) is 0. The van der Waals surface area contributed by atoms with Crippen molar-refractivity contribution in [1.82, 2.24) is 20.7 Å². The number of hydrogen-bond acceptors (Lipinski definition) is 4. The van der Waals surface area contributed by atoms with Gasteiger partial charge in [0.25, 0.3) is 5.91 Å². The average Bonchev–Trinajstić information content (AvgIpc) is 2.75. The molecule has 3 N–H and O–H groups in total. The molecule has 0 bridgehead atoms. The highest BCUT2D eigenvalue weighted by atomic mass is 16.4. The van der Waals surface area contributed by atoms with Gasteiger partial charge in [0.1, 0.15) is 0 Å². The van der Waals surface area contributed by atoms with Crippen molar-refractivity contribution in [3.05, 3.63) is 11.9 Å². The Kier molecular flexibility index (Phi) is 4.41. The van der Waals surface area contributed by atoms with E-state index >= 15 is 0 Å². The van der Waals surface area contributed by atoms with Crippen molar-refractivity contribution in [2.75, 3.05) is 6.54 Å². The Balaban J connectivity index is 2.53. The minimum absolute atomic E-state index is 0.0816. The molecule has 0 saturated carbocycles. The number of carboxylic acid groups (broad SMARTS) is 1. The van der Waals surface area contributed by atoms with Crippen LogP contribution in [0.2, 0.25) is 0 Å². The lowest BCUT2D eigenvalue weighted by Gasteiger charge is -2.23. The Labute approximate surface area is 105 Å². The van der Waals surface area contributed by atoms with Gasteiger partial charge in [0, 0.05) is 6.54 Å². The van der Waals surface area contributed by atoms with Crippen LogP contribution < -0.4 is 5.32 Å². The number of amides is 1. The third kappa shape index (κ3) is 4.52. The van der Waals surface area contributed by atoms with Crippen molar-refractivity contribution in [1.29, 1.82) is 0 Å². The summed E-state index contributed by atoms with van der Waals surface area (Å²) in [6.07, 6.45) is 1.77. The Morgan fingerprint density at radius 2 is 2.17 bits per heavy atom. The lowest BCUT2D eigenvalue weighted by molar-refractivity contribution is -0.142. The maximum absolute atomic E-state index is 11.6. The average molecular weight is 254 g/mol. The highest BCUT2D eigenvalue weighted by Crippen LogP contribution is 2.24. The number of hydrogen-bond donors (Lipinski definition) is 3. The van der Waals surface area contributed by atoms with E-state index in [1.807, 2.05) is 20.8 Å². The number of nitrogens with zero attached hydrogens (tertiary/aromatic N) is 2. The smallest absolute Gasteiger partial charge is 0.308 e. The fraction of sp³-hybridized carbons (Fsp3) is 0.636. The topological polar surface area (TPSA) is 108 Å². The number of aliphatic carboxylic acids is 1. The van der Waals surface area contributed by atoms with Gasteiger partial charge in [-0.05, 0) is 11.8 Å². The van der Waals surface area contributed by atoms with Crippen molar-refractivity contribution in [2.24, 2.45) is 11.3 Å².